The maximum absolute atomic E-state index is 14.4. The van der Waals surface area contributed by atoms with Gasteiger partial charge in [0.05, 0.1) is 11.6 Å². The number of carbonyl (C=O) groups is 4. The van der Waals surface area contributed by atoms with Crippen molar-refractivity contribution in [3.05, 3.63) is 82.4 Å². The Balaban J connectivity index is 1.49. The molecule has 3 aromatic rings. The van der Waals surface area contributed by atoms with Crippen molar-refractivity contribution in [3.8, 4) is 16.9 Å². The molecule has 13 heteroatoms. The third kappa shape index (κ3) is 4.05. The zero-order valence-corrected chi connectivity index (χ0v) is 25.5. The summed E-state index contributed by atoms with van der Waals surface area (Å²) in [6.07, 6.45) is 1.48. The van der Waals surface area contributed by atoms with E-state index >= 15 is 0 Å². The van der Waals surface area contributed by atoms with Gasteiger partial charge in [0.25, 0.3) is 11.8 Å². The van der Waals surface area contributed by atoms with Crippen molar-refractivity contribution >= 4 is 34.8 Å². The average molecular weight is 628 g/mol. The number of phenols is 1. The first kappa shape index (κ1) is 30.7. The molecule has 0 unspecified atom stereocenters. The van der Waals surface area contributed by atoms with Gasteiger partial charge in [-0.25, -0.2) is 0 Å². The summed E-state index contributed by atoms with van der Waals surface area (Å²) in [5.41, 5.74) is 1.28. The fourth-order valence-corrected chi connectivity index (χ4v) is 7.91. The molecule has 1 fully saturated rings. The lowest BCUT2D eigenvalue weighted by atomic mass is 9.46. The summed E-state index contributed by atoms with van der Waals surface area (Å²) in [5, 5.41) is 55.2. The molecular formula is C33H33N5O8. The summed E-state index contributed by atoms with van der Waals surface area (Å²) in [4.78, 5) is 54.2. The highest BCUT2D eigenvalue weighted by Gasteiger charge is 2.72. The molecule has 2 amide bonds. The standard InChI is InChI=1S/C33H33N5O8/c1-31-13-18-17(15-5-7-16(8-6-15)36-30(45)19-11-12-35-37-19)9-10-20(39)21(18)24(40)23(31)28(43)33(46)27(42)22(29(34)44)25(41)26(38(3)4)32(33,2)14-31/h5-12,26,39-40,42,46H,13-14H2,1-4H3,(H2,34,44)(H,35,37)(H,36,45)/t26-,31+,32+,33-/m1/s1. The van der Waals surface area contributed by atoms with E-state index in [1.807, 2.05) is 0 Å². The van der Waals surface area contributed by atoms with E-state index in [1.54, 1.807) is 51.4 Å². The number of amides is 2. The molecule has 3 aliphatic carbocycles. The molecule has 238 valence electrons. The number of nitrogens with one attached hydrogen (secondary N) is 2. The van der Waals surface area contributed by atoms with Gasteiger partial charge >= 0.3 is 0 Å². The van der Waals surface area contributed by atoms with Crippen LogP contribution in [-0.2, 0) is 20.8 Å². The van der Waals surface area contributed by atoms with E-state index < -0.39 is 57.0 Å². The Morgan fingerprint density at radius 1 is 1.04 bits per heavy atom. The number of nitrogens with zero attached hydrogens (tertiary/aromatic N) is 2. The van der Waals surface area contributed by atoms with Crippen LogP contribution in [0.5, 0.6) is 5.75 Å². The quantitative estimate of drug-likeness (QED) is 0.205. The molecule has 4 atom stereocenters. The molecule has 0 saturated heterocycles. The zero-order valence-electron chi connectivity index (χ0n) is 25.5. The van der Waals surface area contributed by atoms with Crippen molar-refractivity contribution in [2.75, 3.05) is 19.4 Å². The topological polar surface area (TPSA) is 219 Å². The molecule has 13 nitrogen and oxygen atoms in total. The number of aromatic amines is 1. The van der Waals surface area contributed by atoms with Crippen LogP contribution in [0.2, 0.25) is 0 Å². The lowest BCUT2D eigenvalue weighted by Gasteiger charge is -2.59. The monoisotopic (exact) mass is 627 g/mol. The number of hydrogen-bond donors (Lipinski definition) is 7. The normalized spacial score (nSPS) is 27.3. The minimum Gasteiger partial charge on any atom is -0.508 e. The lowest BCUT2D eigenvalue weighted by Crippen LogP contribution is -2.72. The summed E-state index contributed by atoms with van der Waals surface area (Å²) in [6, 6.07) is 10.3. The predicted octanol–water partition coefficient (Wildman–Crippen LogP) is 2.39. The van der Waals surface area contributed by atoms with Crippen LogP contribution in [0, 0.1) is 10.8 Å². The number of Topliss-reactive ketones (excluding diaryl/α,β-unsaturated/α-hetero) is 2. The number of aromatic nitrogens is 2. The maximum atomic E-state index is 14.4. The second-order valence-electron chi connectivity index (χ2n) is 12.9. The minimum absolute atomic E-state index is 0.0169. The van der Waals surface area contributed by atoms with Crippen LogP contribution in [0.1, 0.15) is 41.9 Å². The number of H-pyrrole nitrogens is 1. The molecule has 8 N–H and O–H groups in total. The number of aliphatic hydroxyl groups excluding tert-OH is 2. The molecule has 6 rings (SSSR count). The number of rotatable bonds is 5. The Bertz CT molecular complexity index is 1910. The molecule has 1 heterocycles. The molecule has 2 aromatic carbocycles. The highest BCUT2D eigenvalue weighted by atomic mass is 16.3. The fraction of sp³-hybridized carbons (Fsp3) is 0.303. The molecule has 1 aromatic heterocycles. The van der Waals surface area contributed by atoms with Crippen molar-refractivity contribution in [1.29, 1.82) is 0 Å². The van der Waals surface area contributed by atoms with Crippen LogP contribution in [0.15, 0.2) is 65.6 Å². The van der Waals surface area contributed by atoms with Gasteiger partial charge in [0, 0.05) is 28.3 Å². The van der Waals surface area contributed by atoms with Crippen LogP contribution >= 0.6 is 0 Å². The van der Waals surface area contributed by atoms with E-state index in [0.29, 0.717) is 22.4 Å². The van der Waals surface area contributed by atoms with E-state index in [4.69, 9.17) is 5.73 Å². The van der Waals surface area contributed by atoms with E-state index in [-0.39, 0.29) is 41.3 Å². The molecule has 0 aliphatic heterocycles. The van der Waals surface area contributed by atoms with Gasteiger partial charge in [0.15, 0.2) is 11.4 Å². The summed E-state index contributed by atoms with van der Waals surface area (Å²) in [7, 11) is 3.11. The van der Waals surface area contributed by atoms with Gasteiger partial charge in [0.1, 0.15) is 28.5 Å². The van der Waals surface area contributed by atoms with Gasteiger partial charge in [-0.2, -0.15) is 5.10 Å². The summed E-state index contributed by atoms with van der Waals surface area (Å²) in [6.45, 7) is 3.21. The van der Waals surface area contributed by atoms with Crippen LogP contribution < -0.4 is 11.1 Å². The second kappa shape index (κ2) is 10.1. The van der Waals surface area contributed by atoms with Crippen molar-refractivity contribution in [2.24, 2.45) is 16.6 Å². The number of nitrogens with two attached hydrogens (primary N) is 1. The van der Waals surface area contributed by atoms with Gasteiger partial charge in [-0.15, -0.1) is 0 Å². The maximum Gasteiger partial charge on any atom is 0.273 e. The first-order valence-electron chi connectivity index (χ1n) is 14.5. The highest BCUT2D eigenvalue weighted by molar-refractivity contribution is 6.25. The number of phenolic OH excluding ortho intramolecular Hbond substituents is 1. The van der Waals surface area contributed by atoms with Crippen LogP contribution in [-0.4, -0.2) is 84.6 Å². The Labute approximate surface area is 263 Å². The van der Waals surface area contributed by atoms with E-state index in [1.165, 1.54) is 30.2 Å². The van der Waals surface area contributed by atoms with Gasteiger partial charge in [-0.3, -0.25) is 29.2 Å². The van der Waals surface area contributed by atoms with Crippen LogP contribution in [0.3, 0.4) is 0 Å². The smallest absolute Gasteiger partial charge is 0.273 e. The molecule has 0 radical (unpaired) electrons. The number of aromatic hydroxyl groups is 1. The number of ketones is 2. The number of carbonyl (C=O) groups excluding carboxylic acids is 4. The van der Waals surface area contributed by atoms with Gasteiger partial charge < -0.3 is 31.5 Å². The third-order valence-corrected chi connectivity index (χ3v) is 9.71. The summed E-state index contributed by atoms with van der Waals surface area (Å²) >= 11 is 0. The van der Waals surface area contributed by atoms with Crippen LogP contribution in [0.25, 0.3) is 16.9 Å². The molecule has 1 saturated carbocycles. The number of likely N-dealkylation sites (N-methyl/N-ethyl adjacent to an activating group) is 1. The van der Waals surface area contributed by atoms with Gasteiger partial charge in [-0.1, -0.05) is 32.0 Å². The van der Waals surface area contributed by atoms with Crippen molar-refractivity contribution in [2.45, 2.75) is 38.3 Å². The number of primary amides is 1. The van der Waals surface area contributed by atoms with E-state index in [0.717, 1.165) is 0 Å². The number of anilines is 1. The van der Waals surface area contributed by atoms with Crippen molar-refractivity contribution in [3.63, 3.8) is 0 Å². The fourth-order valence-electron chi connectivity index (χ4n) is 7.91. The molecule has 3 aliphatic rings. The summed E-state index contributed by atoms with van der Waals surface area (Å²) < 4.78 is 0. The van der Waals surface area contributed by atoms with E-state index in [2.05, 4.69) is 15.5 Å². The van der Waals surface area contributed by atoms with Gasteiger partial charge in [0.2, 0.25) is 5.78 Å². The highest BCUT2D eigenvalue weighted by Crippen LogP contribution is 2.63. The van der Waals surface area contributed by atoms with E-state index in [9.17, 15) is 39.6 Å². The molecule has 46 heavy (non-hydrogen) atoms. The van der Waals surface area contributed by atoms with Crippen molar-refractivity contribution in [1.82, 2.24) is 15.1 Å². The number of aliphatic hydroxyl groups is 3. The zero-order chi connectivity index (χ0) is 33.5. The number of hydrogen-bond acceptors (Lipinski definition) is 10. The Morgan fingerprint density at radius 3 is 2.30 bits per heavy atom. The molecular weight excluding hydrogens is 594 g/mol. The average Bonchev–Trinajstić information content (AvgIpc) is 3.51. The predicted molar refractivity (Wildman–Crippen MR) is 165 cm³/mol. The number of fused-ring (bicyclic) bond motifs is 3. The lowest BCUT2D eigenvalue weighted by molar-refractivity contribution is -0.175. The van der Waals surface area contributed by atoms with Crippen LogP contribution in [0.4, 0.5) is 5.69 Å². The third-order valence-electron chi connectivity index (χ3n) is 9.71. The first-order valence-corrected chi connectivity index (χ1v) is 14.5. The SMILES string of the molecule is CN(C)[C@@H]1C(=O)C(C(N)=O)=C(O)[C@@]2(O)C(=O)C3=C(O)c4c(O)ccc(-c5ccc(NC(=O)c6ccn[nH]6)cc5)c4C[C@@]3(C)C[C@@]12C. The largest absolute Gasteiger partial charge is 0.508 e. The molecule has 0 spiro atoms. The van der Waals surface area contributed by atoms with Gasteiger partial charge in [-0.05, 0) is 67.9 Å². The second-order valence-corrected chi connectivity index (χ2v) is 12.9. The Hall–Kier alpha value is -5.27. The summed E-state index contributed by atoms with van der Waals surface area (Å²) in [5.74, 6) is -5.65. The Kier molecular flexibility index (Phi) is 6.77. The Morgan fingerprint density at radius 2 is 1.72 bits per heavy atom. The first-order chi connectivity index (χ1) is 21.6. The minimum atomic E-state index is -2.79. The number of benzene rings is 2. The molecule has 0 bridgehead atoms. The van der Waals surface area contributed by atoms with Crippen molar-refractivity contribution < 1.29 is 39.6 Å².